The molecule has 2 heterocycles. The molecular weight excluding hydrogens is 320 g/mol. The van der Waals surface area contributed by atoms with Crippen LogP contribution in [-0.2, 0) is 19.6 Å². The summed E-state index contributed by atoms with van der Waals surface area (Å²) in [7, 11) is 0. The third-order valence-electron chi connectivity index (χ3n) is 3.56. The Morgan fingerprint density at radius 2 is 2.04 bits per heavy atom. The van der Waals surface area contributed by atoms with Crippen LogP contribution in [-0.4, -0.2) is 27.2 Å². The number of carbonyl (C=O) groups is 2. The van der Waals surface area contributed by atoms with Gasteiger partial charge >= 0.3 is 12.1 Å². The lowest BCUT2D eigenvalue weighted by Crippen LogP contribution is -2.31. The van der Waals surface area contributed by atoms with Crippen LogP contribution in [0.25, 0.3) is 0 Å². The first-order valence-corrected chi connectivity index (χ1v) is 7.30. The van der Waals surface area contributed by atoms with E-state index in [-0.39, 0.29) is 6.03 Å². The Hall–Kier alpha value is -2.74. The van der Waals surface area contributed by atoms with Gasteiger partial charge < -0.3 is 16.0 Å². The monoisotopic (exact) mass is 334 g/mol. The predicted molar refractivity (Wildman–Crippen MR) is 84.7 cm³/mol. The third kappa shape index (κ3) is 3.37. The molecule has 1 aromatic carbocycles. The predicted octanol–water partition coefficient (Wildman–Crippen LogP) is 1.78. The van der Waals surface area contributed by atoms with Crippen LogP contribution >= 0.6 is 11.6 Å². The summed E-state index contributed by atoms with van der Waals surface area (Å²) in [5.74, 6) is 0.470. The number of nitrogens with two attached hydrogens (primary N) is 1. The summed E-state index contributed by atoms with van der Waals surface area (Å²) in [5.41, 5.74) is 7.65. The van der Waals surface area contributed by atoms with E-state index in [0.717, 1.165) is 11.1 Å². The number of aromatic amines is 1. The Balaban J connectivity index is 1.57. The van der Waals surface area contributed by atoms with Crippen LogP contribution < -0.4 is 16.4 Å². The van der Waals surface area contributed by atoms with E-state index < -0.39 is 6.03 Å². The van der Waals surface area contributed by atoms with E-state index in [1.165, 1.54) is 4.90 Å². The van der Waals surface area contributed by atoms with Crippen molar-refractivity contribution in [3.05, 3.63) is 46.1 Å². The molecule has 0 atom stereocenters. The van der Waals surface area contributed by atoms with Crippen molar-refractivity contribution in [3.8, 4) is 0 Å². The van der Waals surface area contributed by atoms with Crippen LogP contribution in [0.4, 0.5) is 15.4 Å². The SMILES string of the molecule is NC(=O)N1Cc2n[nH]c(NC(=O)NCc3ccc(Cl)cc3)c2C1. The van der Waals surface area contributed by atoms with Crippen LogP contribution in [0.5, 0.6) is 0 Å². The Morgan fingerprint density at radius 3 is 2.74 bits per heavy atom. The van der Waals surface area contributed by atoms with Gasteiger partial charge in [-0.05, 0) is 17.7 Å². The maximum absolute atomic E-state index is 12.0. The molecule has 8 nitrogen and oxygen atoms in total. The van der Waals surface area contributed by atoms with Crippen molar-refractivity contribution < 1.29 is 9.59 Å². The van der Waals surface area contributed by atoms with E-state index >= 15 is 0 Å². The zero-order valence-electron chi connectivity index (χ0n) is 12.1. The number of amides is 4. The summed E-state index contributed by atoms with van der Waals surface area (Å²) >= 11 is 5.81. The van der Waals surface area contributed by atoms with Crippen molar-refractivity contribution in [1.29, 1.82) is 0 Å². The topological polar surface area (TPSA) is 116 Å². The summed E-state index contributed by atoms with van der Waals surface area (Å²) in [6.07, 6.45) is 0. The lowest BCUT2D eigenvalue weighted by atomic mass is 10.2. The molecule has 0 radical (unpaired) electrons. The Labute approximate surface area is 137 Å². The zero-order valence-corrected chi connectivity index (χ0v) is 12.9. The minimum Gasteiger partial charge on any atom is -0.351 e. The first-order valence-electron chi connectivity index (χ1n) is 6.92. The van der Waals surface area contributed by atoms with Gasteiger partial charge in [-0.15, -0.1) is 0 Å². The molecule has 2 aromatic rings. The highest BCUT2D eigenvalue weighted by molar-refractivity contribution is 6.30. The molecule has 9 heteroatoms. The van der Waals surface area contributed by atoms with Gasteiger partial charge in [-0.1, -0.05) is 23.7 Å². The van der Waals surface area contributed by atoms with E-state index in [0.29, 0.717) is 36.2 Å². The fourth-order valence-electron chi connectivity index (χ4n) is 2.33. The number of fused-ring (bicyclic) bond motifs is 1. The van der Waals surface area contributed by atoms with Crippen LogP contribution in [0.3, 0.4) is 0 Å². The standard InChI is InChI=1S/C14H15ClN6O2/c15-9-3-1-8(2-4-9)5-17-14(23)18-12-10-6-21(13(16)22)7-11(10)19-20-12/h1-4H,5-7H2,(H2,16,22)(H3,17,18,19,20,23). The summed E-state index contributed by atoms with van der Waals surface area (Å²) in [5, 5.41) is 12.9. The second kappa shape index (κ2) is 6.17. The quantitative estimate of drug-likeness (QED) is 0.685. The normalized spacial score (nSPS) is 12.8. The molecule has 1 aliphatic heterocycles. The van der Waals surface area contributed by atoms with Gasteiger partial charge in [0.1, 0.15) is 5.82 Å². The van der Waals surface area contributed by atoms with Gasteiger partial charge in [-0.25, -0.2) is 9.59 Å². The lowest BCUT2D eigenvalue weighted by molar-refractivity contribution is 0.208. The molecule has 0 aliphatic carbocycles. The molecule has 0 spiro atoms. The van der Waals surface area contributed by atoms with E-state index in [4.69, 9.17) is 17.3 Å². The van der Waals surface area contributed by atoms with E-state index in [9.17, 15) is 9.59 Å². The molecule has 4 amide bonds. The maximum atomic E-state index is 12.0. The van der Waals surface area contributed by atoms with E-state index in [1.54, 1.807) is 12.1 Å². The van der Waals surface area contributed by atoms with Crippen LogP contribution in [0.1, 0.15) is 16.8 Å². The number of aromatic nitrogens is 2. The van der Waals surface area contributed by atoms with Crippen molar-refractivity contribution in [3.63, 3.8) is 0 Å². The second-order valence-corrected chi connectivity index (χ2v) is 5.59. The van der Waals surface area contributed by atoms with Gasteiger partial charge in [0.25, 0.3) is 0 Å². The molecule has 1 aromatic heterocycles. The lowest BCUT2D eigenvalue weighted by Gasteiger charge is -2.12. The molecule has 0 bridgehead atoms. The average molecular weight is 335 g/mol. The molecule has 120 valence electrons. The molecule has 5 N–H and O–H groups in total. The number of hydrogen-bond donors (Lipinski definition) is 4. The van der Waals surface area contributed by atoms with Gasteiger partial charge in [0, 0.05) is 17.1 Å². The molecule has 0 unspecified atom stereocenters. The van der Waals surface area contributed by atoms with Crippen LogP contribution in [0, 0.1) is 0 Å². The van der Waals surface area contributed by atoms with Crippen molar-refractivity contribution in [2.75, 3.05) is 5.32 Å². The molecule has 1 aliphatic rings. The first kappa shape index (κ1) is 15.2. The number of nitrogens with zero attached hydrogens (tertiary/aromatic N) is 2. The Bertz CT molecular complexity index is 742. The number of urea groups is 2. The smallest absolute Gasteiger partial charge is 0.320 e. The summed E-state index contributed by atoms with van der Waals surface area (Å²) in [4.78, 5) is 24.6. The fraction of sp³-hybridized carbons (Fsp3) is 0.214. The van der Waals surface area contributed by atoms with Crippen LogP contribution in [0.15, 0.2) is 24.3 Å². The summed E-state index contributed by atoms with van der Waals surface area (Å²) in [6, 6.07) is 6.31. The second-order valence-electron chi connectivity index (χ2n) is 5.15. The number of benzene rings is 1. The number of halogens is 1. The number of anilines is 1. The number of hydrogen-bond acceptors (Lipinski definition) is 3. The Morgan fingerprint density at radius 1 is 1.30 bits per heavy atom. The van der Waals surface area contributed by atoms with Gasteiger partial charge in [0.05, 0.1) is 18.8 Å². The molecule has 23 heavy (non-hydrogen) atoms. The van der Waals surface area contributed by atoms with Crippen molar-refractivity contribution in [2.24, 2.45) is 5.73 Å². The highest BCUT2D eigenvalue weighted by atomic mass is 35.5. The Kier molecular flexibility index (Phi) is 4.07. The molecule has 0 saturated heterocycles. The largest absolute Gasteiger partial charge is 0.351 e. The molecule has 0 fully saturated rings. The average Bonchev–Trinajstić information content (AvgIpc) is 3.09. The minimum absolute atomic E-state index is 0.327. The number of carbonyl (C=O) groups excluding carboxylic acids is 2. The highest BCUT2D eigenvalue weighted by Crippen LogP contribution is 2.26. The zero-order chi connectivity index (χ0) is 16.4. The van der Waals surface area contributed by atoms with Gasteiger partial charge in [-0.2, -0.15) is 5.10 Å². The fourth-order valence-corrected chi connectivity index (χ4v) is 2.46. The number of rotatable bonds is 3. The number of primary amides is 1. The number of nitrogens with one attached hydrogen (secondary N) is 3. The van der Waals surface area contributed by atoms with Gasteiger partial charge in [-0.3, -0.25) is 10.4 Å². The third-order valence-corrected chi connectivity index (χ3v) is 3.81. The number of H-pyrrole nitrogens is 1. The van der Waals surface area contributed by atoms with Crippen molar-refractivity contribution >= 4 is 29.5 Å². The summed E-state index contributed by atoms with van der Waals surface area (Å²) < 4.78 is 0. The van der Waals surface area contributed by atoms with E-state index in [2.05, 4.69) is 20.8 Å². The molecule has 3 rings (SSSR count). The summed E-state index contributed by atoms with van der Waals surface area (Å²) in [6.45, 7) is 1.04. The van der Waals surface area contributed by atoms with Gasteiger partial charge in [0.2, 0.25) is 0 Å². The maximum Gasteiger partial charge on any atom is 0.320 e. The van der Waals surface area contributed by atoms with E-state index in [1.807, 2.05) is 12.1 Å². The van der Waals surface area contributed by atoms with Crippen LogP contribution in [0.2, 0.25) is 5.02 Å². The molecular formula is C14H15ClN6O2. The minimum atomic E-state index is -0.513. The molecule has 0 saturated carbocycles. The van der Waals surface area contributed by atoms with Crippen molar-refractivity contribution in [1.82, 2.24) is 20.4 Å². The van der Waals surface area contributed by atoms with Crippen molar-refractivity contribution in [2.45, 2.75) is 19.6 Å². The highest BCUT2D eigenvalue weighted by Gasteiger charge is 2.27. The first-order chi connectivity index (χ1) is 11.0. The van der Waals surface area contributed by atoms with Gasteiger partial charge in [0.15, 0.2) is 0 Å².